The number of aryl methyl sites for hydroxylation is 1. The fraction of sp³-hybridized carbons (Fsp3) is 0.240. The second kappa shape index (κ2) is 10.3. The molecular weight excluding hydrogens is 424 g/mol. The van der Waals surface area contributed by atoms with Gasteiger partial charge >= 0.3 is 0 Å². The lowest BCUT2D eigenvalue weighted by atomic mass is 10.1. The van der Waals surface area contributed by atoms with Crippen LogP contribution in [-0.2, 0) is 14.8 Å². The van der Waals surface area contributed by atoms with E-state index in [1.165, 1.54) is 4.31 Å². The van der Waals surface area contributed by atoms with E-state index in [1.54, 1.807) is 55.6 Å². The minimum atomic E-state index is -3.85. The minimum absolute atomic E-state index is 0.00980. The molecule has 0 saturated heterocycles. The van der Waals surface area contributed by atoms with Crippen molar-refractivity contribution in [3.05, 3.63) is 90.0 Å². The zero-order valence-electron chi connectivity index (χ0n) is 18.5. The Hall–Kier alpha value is -3.32. The molecule has 0 aliphatic heterocycles. The molecule has 3 aromatic rings. The van der Waals surface area contributed by atoms with Crippen molar-refractivity contribution in [1.29, 1.82) is 0 Å². The highest BCUT2D eigenvalue weighted by Crippen LogP contribution is 2.26. The van der Waals surface area contributed by atoms with Crippen LogP contribution in [0.15, 0.2) is 83.8 Å². The molecule has 1 amide bonds. The van der Waals surface area contributed by atoms with E-state index < -0.39 is 10.0 Å². The molecule has 3 aromatic carbocycles. The Morgan fingerprint density at radius 1 is 0.969 bits per heavy atom. The average molecular weight is 453 g/mol. The lowest BCUT2D eigenvalue weighted by Gasteiger charge is -2.25. The maximum atomic E-state index is 13.4. The minimum Gasteiger partial charge on any atom is -0.497 e. The average Bonchev–Trinajstić information content (AvgIpc) is 2.80. The summed E-state index contributed by atoms with van der Waals surface area (Å²) in [4.78, 5) is 12.8. The van der Waals surface area contributed by atoms with Gasteiger partial charge in [-0.15, -0.1) is 0 Å². The number of sulfonamides is 1. The largest absolute Gasteiger partial charge is 0.497 e. The molecule has 6 nitrogen and oxygen atoms in total. The summed E-state index contributed by atoms with van der Waals surface area (Å²) in [6.07, 6.45) is 0.0221. The maximum Gasteiger partial charge on any atom is 0.264 e. The predicted molar refractivity (Wildman–Crippen MR) is 126 cm³/mol. The Morgan fingerprint density at radius 3 is 2.19 bits per heavy atom. The van der Waals surface area contributed by atoms with Crippen molar-refractivity contribution in [3.8, 4) is 5.75 Å². The van der Waals surface area contributed by atoms with Gasteiger partial charge in [-0.3, -0.25) is 9.10 Å². The maximum absolute atomic E-state index is 13.4. The summed E-state index contributed by atoms with van der Waals surface area (Å²) in [5.41, 5.74) is 2.42. The second-order valence-electron chi connectivity index (χ2n) is 7.54. The van der Waals surface area contributed by atoms with Crippen molar-refractivity contribution in [2.24, 2.45) is 0 Å². The molecule has 0 aliphatic carbocycles. The van der Waals surface area contributed by atoms with Crippen molar-refractivity contribution in [2.45, 2.75) is 31.2 Å². The van der Waals surface area contributed by atoms with Crippen molar-refractivity contribution >= 4 is 21.6 Å². The molecule has 0 fully saturated rings. The van der Waals surface area contributed by atoms with Crippen LogP contribution in [0.4, 0.5) is 5.69 Å². The molecule has 3 rings (SSSR count). The van der Waals surface area contributed by atoms with Crippen LogP contribution in [0.3, 0.4) is 0 Å². The highest BCUT2D eigenvalue weighted by molar-refractivity contribution is 7.92. The van der Waals surface area contributed by atoms with Gasteiger partial charge in [-0.1, -0.05) is 48.0 Å². The van der Waals surface area contributed by atoms with Gasteiger partial charge in [0.05, 0.1) is 23.7 Å². The molecule has 1 N–H and O–H groups in total. The highest BCUT2D eigenvalue weighted by atomic mass is 32.2. The molecule has 7 heteroatoms. The molecule has 0 aromatic heterocycles. The first-order chi connectivity index (χ1) is 15.3. The van der Waals surface area contributed by atoms with Crippen LogP contribution in [0.1, 0.15) is 30.5 Å². The highest BCUT2D eigenvalue weighted by Gasteiger charge is 2.26. The van der Waals surface area contributed by atoms with E-state index in [2.05, 4.69) is 5.32 Å². The van der Waals surface area contributed by atoms with Gasteiger partial charge in [-0.2, -0.15) is 0 Å². The van der Waals surface area contributed by atoms with E-state index in [0.717, 1.165) is 11.1 Å². The number of carbonyl (C=O) groups excluding carboxylic acids is 1. The molecular formula is C25H28N2O4S. The molecule has 168 valence electrons. The molecule has 0 saturated carbocycles. The van der Waals surface area contributed by atoms with Crippen LogP contribution in [0, 0.1) is 6.92 Å². The Kier molecular flexibility index (Phi) is 7.53. The van der Waals surface area contributed by atoms with E-state index >= 15 is 0 Å². The first-order valence-electron chi connectivity index (χ1n) is 10.4. The van der Waals surface area contributed by atoms with Crippen molar-refractivity contribution in [1.82, 2.24) is 5.32 Å². The summed E-state index contributed by atoms with van der Waals surface area (Å²) in [6, 6.07) is 22.9. The summed E-state index contributed by atoms with van der Waals surface area (Å²) in [7, 11) is -2.30. The van der Waals surface area contributed by atoms with Crippen LogP contribution < -0.4 is 14.4 Å². The zero-order chi connectivity index (χ0) is 23.1. The van der Waals surface area contributed by atoms with Crippen molar-refractivity contribution in [3.63, 3.8) is 0 Å². The molecule has 0 spiro atoms. The van der Waals surface area contributed by atoms with E-state index in [4.69, 9.17) is 4.74 Å². The quantitative estimate of drug-likeness (QED) is 0.520. The molecule has 0 radical (unpaired) electrons. The lowest BCUT2D eigenvalue weighted by molar-refractivity contribution is -0.121. The third-order valence-electron chi connectivity index (χ3n) is 5.19. The van der Waals surface area contributed by atoms with E-state index in [-0.39, 0.29) is 29.8 Å². The fourth-order valence-electron chi connectivity index (χ4n) is 3.32. The smallest absolute Gasteiger partial charge is 0.264 e. The van der Waals surface area contributed by atoms with Crippen LogP contribution >= 0.6 is 0 Å². The topological polar surface area (TPSA) is 75.7 Å². The van der Waals surface area contributed by atoms with Gasteiger partial charge in [0.15, 0.2) is 0 Å². The molecule has 32 heavy (non-hydrogen) atoms. The molecule has 0 bridgehead atoms. The fourth-order valence-corrected chi connectivity index (χ4v) is 4.78. The molecule has 0 unspecified atom stereocenters. The normalized spacial score (nSPS) is 12.1. The Bertz CT molecular complexity index is 1130. The summed E-state index contributed by atoms with van der Waals surface area (Å²) >= 11 is 0. The number of rotatable bonds is 9. The summed E-state index contributed by atoms with van der Waals surface area (Å²) in [6.45, 7) is 3.81. The second-order valence-corrected chi connectivity index (χ2v) is 9.40. The number of benzene rings is 3. The number of hydrogen-bond acceptors (Lipinski definition) is 4. The SMILES string of the molecule is COc1ccc(N(CCC(=O)N[C@@H](C)c2ccccc2)S(=O)(=O)c2ccc(C)cc2)cc1. The lowest BCUT2D eigenvalue weighted by Crippen LogP contribution is -2.36. The summed E-state index contributed by atoms with van der Waals surface area (Å²) in [5, 5.41) is 2.94. The molecule has 0 aliphatic rings. The number of anilines is 1. The van der Waals surface area contributed by atoms with Gasteiger partial charge in [0, 0.05) is 13.0 Å². The Balaban J connectivity index is 1.80. The van der Waals surface area contributed by atoms with Gasteiger partial charge in [0.1, 0.15) is 5.75 Å². The van der Waals surface area contributed by atoms with E-state index in [0.29, 0.717) is 11.4 Å². The number of nitrogens with one attached hydrogen (secondary N) is 1. The number of nitrogens with zero attached hydrogens (tertiary/aromatic N) is 1. The van der Waals surface area contributed by atoms with Crippen molar-refractivity contribution < 1.29 is 17.9 Å². The number of carbonyl (C=O) groups is 1. The number of amides is 1. The monoisotopic (exact) mass is 452 g/mol. The van der Waals surface area contributed by atoms with Crippen LogP contribution in [0.25, 0.3) is 0 Å². The predicted octanol–water partition coefficient (Wildman–Crippen LogP) is 4.47. The van der Waals surface area contributed by atoms with E-state index in [9.17, 15) is 13.2 Å². The third kappa shape index (κ3) is 5.68. The van der Waals surface area contributed by atoms with Gasteiger partial charge in [0.2, 0.25) is 5.91 Å². The molecule has 0 heterocycles. The summed E-state index contributed by atoms with van der Waals surface area (Å²) in [5.74, 6) is 0.398. The first-order valence-corrected chi connectivity index (χ1v) is 11.8. The van der Waals surface area contributed by atoms with Crippen LogP contribution in [-0.4, -0.2) is 28.0 Å². The number of ether oxygens (including phenoxy) is 1. The summed E-state index contributed by atoms with van der Waals surface area (Å²) < 4.78 is 33.3. The van der Waals surface area contributed by atoms with Gasteiger partial charge < -0.3 is 10.1 Å². The van der Waals surface area contributed by atoms with E-state index in [1.807, 2.05) is 44.2 Å². The van der Waals surface area contributed by atoms with Gasteiger partial charge in [-0.25, -0.2) is 8.42 Å². The number of hydrogen-bond donors (Lipinski definition) is 1. The number of methoxy groups -OCH3 is 1. The first kappa shape index (κ1) is 23.3. The van der Waals surface area contributed by atoms with Crippen LogP contribution in [0.5, 0.6) is 5.75 Å². The van der Waals surface area contributed by atoms with Gasteiger partial charge in [-0.05, 0) is 55.8 Å². The third-order valence-corrected chi connectivity index (χ3v) is 7.03. The van der Waals surface area contributed by atoms with Crippen molar-refractivity contribution in [2.75, 3.05) is 18.0 Å². The zero-order valence-corrected chi connectivity index (χ0v) is 19.3. The standard InChI is InChI=1S/C25H28N2O4S/c1-19-9-15-24(16-10-19)32(29,30)27(22-11-13-23(31-3)14-12-22)18-17-25(28)26-20(2)21-7-5-4-6-8-21/h4-16,20H,17-18H2,1-3H3,(H,26,28)/t20-/m0/s1. The van der Waals surface area contributed by atoms with Gasteiger partial charge in [0.25, 0.3) is 10.0 Å². The molecule has 1 atom stereocenters. The Labute approximate surface area is 189 Å². The Morgan fingerprint density at radius 2 is 1.59 bits per heavy atom. The van der Waals surface area contributed by atoms with Crippen LogP contribution in [0.2, 0.25) is 0 Å².